The normalized spacial score (nSPS) is 14.3. The zero-order valence-corrected chi connectivity index (χ0v) is 13.9. The van der Waals surface area contributed by atoms with E-state index in [0.717, 1.165) is 48.4 Å². The molecule has 0 radical (unpaired) electrons. The summed E-state index contributed by atoms with van der Waals surface area (Å²) in [6.07, 6.45) is 2.13. The first-order valence-electron chi connectivity index (χ1n) is 7.86. The maximum absolute atomic E-state index is 12.8. The third-order valence-corrected chi connectivity index (χ3v) is 4.55. The van der Waals surface area contributed by atoms with Crippen LogP contribution in [0, 0.1) is 6.92 Å². The minimum Gasteiger partial charge on any atom is -0.339 e. The Morgan fingerprint density at radius 3 is 2.52 bits per heavy atom. The fraction of sp³-hybridized carbons (Fsp3) is 0.333. The van der Waals surface area contributed by atoms with Crippen molar-refractivity contribution in [2.45, 2.75) is 26.3 Å². The minimum atomic E-state index is 0.0589. The van der Waals surface area contributed by atoms with Gasteiger partial charge in [-0.1, -0.05) is 23.7 Å². The van der Waals surface area contributed by atoms with Crippen molar-refractivity contribution in [1.82, 2.24) is 9.88 Å². The quantitative estimate of drug-likeness (QED) is 0.938. The SMILES string of the molecule is Cc1nc(-c2ccc(Cl)cc2)cc(C(=O)N2CCCC2)c1CN. The van der Waals surface area contributed by atoms with Gasteiger partial charge in [-0.25, -0.2) is 0 Å². The lowest BCUT2D eigenvalue weighted by Crippen LogP contribution is -2.29. The van der Waals surface area contributed by atoms with Crippen LogP contribution in [-0.2, 0) is 6.54 Å². The van der Waals surface area contributed by atoms with Crippen molar-refractivity contribution in [1.29, 1.82) is 0 Å². The maximum atomic E-state index is 12.8. The lowest BCUT2D eigenvalue weighted by molar-refractivity contribution is 0.0791. The number of hydrogen-bond acceptors (Lipinski definition) is 3. The van der Waals surface area contributed by atoms with Gasteiger partial charge in [0.2, 0.25) is 0 Å². The molecule has 23 heavy (non-hydrogen) atoms. The molecule has 1 amide bonds. The van der Waals surface area contributed by atoms with Gasteiger partial charge < -0.3 is 10.6 Å². The average Bonchev–Trinajstić information content (AvgIpc) is 3.08. The summed E-state index contributed by atoms with van der Waals surface area (Å²) in [4.78, 5) is 19.4. The summed E-state index contributed by atoms with van der Waals surface area (Å²) in [6.45, 7) is 3.86. The molecule has 1 saturated heterocycles. The fourth-order valence-electron chi connectivity index (χ4n) is 3.01. The molecule has 120 valence electrons. The predicted molar refractivity (Wildman–Crippen MR) is 92.4 cm³/mol. The monoisotopic (exact) mass is 329 g/mol. The average molecular weight is 330 g/mol. The number of hydrogen-bond donors (Lipinski definition) is 1. The molecule has 1 fully saturated rings. The molecule has 0 spiro atoms. The Bertz CT molecular complexity index is 722. The van der Waals surface area contributed by atoms with E-state index in [1.165, 1.54) is 0 Å². The topological polar surface area (TPSA) is 59.2 Å². The summed E-state index contributed by atoms with van der Waals surface area (Å²) < 4.78 is 0. The van der Waals surface area contributed by atoms with Crippen LogP contribution in [0.5, 0.6) is 0 Å². The summed E-state index contributed by atoms with van der Waals surface area (Å²) in [5.74, 6) is 0.0589. The standard InChI is InChI=1S/C18H20ClN3O/c1-12-16(11-20)15(18(23)22-8-2-3-9-22)10-17(21-12)13-4-6-14(19)7-5-13/h4-7,10H,2-3,8-9,11,20H2,1H3. The Kier molecular flexibility index (Phi) is 4.64. The molecule has 2 N–H and O–H groups in total. The fourth-order valence-corrected chi connectivity index (χ4v) is 3.13. The van der Waals surface area contributed by atoms with Crippen LogP contribution in [0.3, 0.4) is 0 Å². The molecule has 1 aliphatic rings. The molecule has 5 heteroatoms. The van der Waals surface area contributed by atoms with E-state index in [0.29, 0.717) is 17.1 Å². The second-order valence-corrected chi connectivity index (χ2v) is 6.27. The third-order valence-electron chi connectivity index (χ3n) is 4.30. The van der Waals surface area contributed by atoms with E-state index in [4.69, 9.17) is 17.3 Å². The van der Waals surface area contributed by atoms with Crippen molar-refractivity contribution < 1.29 is 4.79 Å². The van der Waals surface area contributed by atoms with Gasteiger partial charge in [0, 0.05) is 41.5 Å². The summed E-state index contributed by atoms with van der Waals surface area (Å²) >= 11 is 5.95. The molecule has 0 bridgehead atoms. The van der Waals surface area contributed by atoms with Crippen molar-refractivity contribution in [3.8, 4) is 11.3 Å². The number of nitrogens with two attached hydrogens (primary N) is 1. The highest BCUT2D eigenvalue weighted by Gasteiger charge is 2.23. The van der Waals surface area contributed by atoms with Crippen LogP contribution in [0.15, 0.2) is 30.3 Å². The third kappa shape index (κ3) is 3.23. The number of halogens is 1. The number of carbonyl (C=O) groups excluding carboxylic acids is 1. The summed E-state index contributed by atoms with van der Waals surface area (Å²) in [7, 11) is 0. The number of likely N-dealkylation sites (tertiary alicyclic amines) is 1. The molecule has 1 aliphatic heterocycles. The second-order valence-electron chi connectivity index (χ2n) is 5.83. The number of carbonyl (C=O) groups is 1. The van der Waals surface area contributed by atoms with Crippen LogP contribution in [0.25, 0.3) is 11.3 Å². The van der Waals surface area contributed by atoms with Gasteiger partial charge >= 0.3 is 0 Å². The number of amides is 1. The van der Waals surface area contributed by atoms with E-state index >= 15 is 0 Å². The summed E-state index contributed by atoms with van der Waals surface area (Å²) in [5.41, 5.74) is 9.90. The van der Waals surface area contributed by atoms with Gasteiger partial charge in [0.1, 0.15) is 0 Å². The number of nitrogens with zero attached hydrogens (tertiary/aromatic N) is 2. The Labute approximate surface area is 141 Å². The zero-order valence-electron chi connectivity index (χ0n) is 13.2. The molecule has 4 nitrogen and oxygen atoms in total. The van der Waals surface area contributed by atoms with Crippen molar-refractivity contribution in [2.24, 2.45) is 5.73 Å². The lowest BCUT2D eigenvalue weighted by atomic mass is 10.0. The Balaban J connectivity index is 2.06. The molecule has 1 aromatic carbocycles. The van der Waals surface area contributed by atoms with Gasteiger partial charge in [-0.3, -0.25) is 9.78 Å². The van der Waals surface area contributed by atoms with Gasteiger partial charge in [0.05, 0.1) is 5.69 Å². The Morgan fingerprint density at radius 2 is 1.91 bits per heavy atom. The number of benzene rings is 1. The van der Waals surface area contributed by atoms with E-state index in [9.17, 15) is 4.79 Å². The van der Waals surface area contributed by atoms with Gasteiger partial charge in [-0.15, -0.1) is 0 Å². The smallest absolute Gasteiger partial charge is 0.254 e. The molecule has 0 aliphatic carbocycles. The van der Waals surface area contributed by atoms with E-state index in [2.05, 4.69) is 4.98 Å². The molecule has 0 saturated carbocycles. The van der Waals surface area contributed by atoms with E-state index < -0.39 is 0 Å². The lowest BCUT2D eigenvalue weighted by Gasteiger charge is -2.19. The Hall–Kier alpha value is -1.91. The second kappa shape index (κ2) is 6.69. The van der Waals surface area contributed by atoms with Gasteiger partial charge in [-0.05, 0) is 43.5 Å². The molecule has 1 aromatic heterocycles. The maximum Gasteiger partial charge on any atom is 0.254 e. The first kappa shape index (κ1) is 16.0. The van der Waals surface area contributed by atoms with Crippen molar-refractivity contribution in [3.63, 3.8) is 0 Å². The number of pyridine rings is 1. The minimum absolute atomic E-state index is 0.0589. The number of rotatable bonds is 3. The van der Waals surface area contributed by atoms with Crippen LogP contribution in [0.4, 0.5) is 0 Å². The van der Waals surface area contributed by atoms with Crippen LogP contribution in [-0.4, -0.2) is 28.9 Å². The molecular formula is C18H20ClN3O. The summed E-state index contributed by atoms with van der Waals surface area (Å²) in [6, 6.07) is 9.34. The number of aryl methyl sites for hydroxylation is 1. The van der Waals surface area contributed by atoms with Crippen LogP contribution >= 0.6 is 11.6 Å². The van der Waals surface area contributed by atoms with Crippen molar-refractivity contribution in [3.05, 3.63) is 52.2 Å². The molecule has 0 atom stereocenters. The molecule has 3 rings (SSSR count). The van der Waals surface area contributed by atoms with Gasteiger partial charge in [0.25, 0.3) is 5.91 Å². The number of aromatic nitrogens is 1. The van der Waals surface area contributed by atoms with Gasteiger partial charge in [0.15, 0.2) is 0 Å². The highest BCUT2D eigenvalue weighted by Crippen LogP contribution is 2.25. The molecule has 2 heterocycles. The van der Waals surface area contributed by atoms with E-state index in [-0.39, 0.29) is 5.91 Å². The molecule has 0 unspecified atom stereocenters. The van der Waals surface area contributed by atoms with Crippen molar-refractivity contribution >= 4 is 17.5 Å². The van der Waals surface area contributed by atoms with E-state index in [1.54, 1.807) is 0 Å². The molecule has 2 aromatic rings. The first-order valence-corrected chi connectivity index (χ1v) is 8.23. The first-order chi connectivity index (χ1) is 11.1. The zero-order chi connectivity index (χ0) is 16.4. The van der Waals surface area contributed by atoms with Crippen LogP contribution in [0.2, 0.25) is 5.02 Å². The Morgan fingerprint density at radius 1 is 1.26 bits per heavy atom. The van der Waals surface area contributed by atoms with Crippen molar-refractivity contribution in [2.75, 3.05) is 13.1 Å². The molecular weight excluding hydrogens is 310 g/mol. The van der Waals surface area contributed by atoms with Crippen LogP contribution < -0.4 is 5.73 Å². The summed E-state index contributed by atoms with van der Waals surface area (Å²) in [5, 5.41) is 0.678. The van der Waals surface area contributed by atoms with Gasteiger partial charge in [-0.2, -0.15) is 0 Å². The largest absolute Gasteiger partial charge is 0.339 e. The van der Waals surface area contributed by atoms with Crippen LogP contribution in [0.1, 0.15) is 34.5 Å². The van der Waals surface area contributed by atoms with E-state index in [1.807, 2.05) is 42.2 Å². The predicted octanol–water partition coefficient (Wildman–Crippen LogP) is 3.41. The highest BCUT2D eigenvalue weighted by molar-refractivity contribution is 6.30. The highest BCUT2D eigenvalue weighted by atomic mass is 35.5.